The summed E-state index contributed by atoms with van der Waals surface area (Å²) >= 11 is 5.94. The molecule has 3 atom stereocenters. The minimum absolute atomic E-state index is 0.132. The van der Waals surface area contributed by atoms with Gasteiger partial charge in [0.1, 0.15) is 35.7 Å². The Morgan fingerprint density at radius 1 is 1.06 bits per heavy atom. The summed E-state index contributed by atoms with van der Waals surface area (Å²) in [4.78, 5) is 16.5. The van der Waals surface area contributed by atoms with Gasteiger partial charge in [-0.2, -0.15) is 0 Å². The van der Waals surface area contributed by atoms with Gasteiger partial charge >= 0.3 is 0 Å². The first kappa shape index (κ1) is 20.6. The van der Waals surface area contributed by atoms with Crippen LogP contribution in [0.1, 0.15) is 18.0 Å². The molecular formula is C21H19ClFN7O2. The molecule has 164 valence electrons. The highest BCUT2D eigenvalue weighted by molar-refractivity contribution is 6.33. The predicted molar refractivity (Wildman–Crippen MR) is 118 cm³/mol. The SMILES string of the molecule is Nc1nc2cc(CCC3=CC(n4cnc5c(N)ncnc54)C(O)C3O)cc(F)c2cc1Cl. The zero-order chi connectivity index (χ0) is 22.6. The number of fused-ring (bicyclic) bond motifs is 2. The molecule has 3 aromatic heterocycles. The largest absolute Gasteiger partial charge is 0.388 e. The zero-order valence-corrected chi connectivity index (χ0v) is 17.4. The Morgan fingerprint density at radius 2 is 1.88 bits per heavy atom. The number of aliphatic hydroxyl groups excluding tert-OH is 2. The van der Waals surface area contributed by atoms with Crippen LogP contribution in [0.3, 0.4) is 0 Å². The first-order valence-electron chi connectivity index (χ1n) is 9.87. The molecule has 0 spiro atoms. The topological polar surface area (TPSA) is 149 Å². The van der Waals surface area contributed by atoms with Gasteiger partial charge in [0.15, 0.2) is 11.5 Å². The number of rotatable bonds is 4. The maximum Gasteiger partial charge on any atom is 0.166 e. The van der Waals surface area contributed by atoms with E-state index in [1.807, 2.05) is 0 Å². The summed E-state index contributed by atoms with van der Waals surface area (Å²) in [5.41, 5.74) is 14.2. The van der Waals surface area contributed by atoms with Gasteiger partial charge in [-0.3, -0.25) is 0 Å². The minimum Gasteiger partial charge on any atom is -0.388 e. The zero-order valence-electron chi connectivity index (χ0n) is 16.7. The number of pyridine rings is 1. The van der Waals surface area contributed by atoms with E-state index in [9.17, 15) is 14.6 Å². The third kappa shape index (κ3) is 3.32. The Hall–Kier alpha value is -3.34. The van der Waals surface area contributed by atoms with Crippen LogP contribution in [-0.4, -0.2) is 46.9 Å². The fourth-order valence-corrected chi connectivity index (χ4v) is 4.25. The van der Waals surface area contributed by atoms with Crippen molar-refractivity contribution in [1.82, 2.24) is 24.5 Å². The van der Waals surface area contributed by atoms with E-state index in [2.05, 4.69) is 19.9 Å². The number of aromatic nitrogens is 5. The first-order valence-corrected chi connectivity index (χ1v) is 10.2. The summed E-state index contributed by atoms with van der Waals surface area (Å²) in [6.07, 6.45) is 3.29. The van der Waals surface area contributed by atoms with Gasteiger partial charge in [-0.1, -0.05) is 17.7 Å². The number of benzene rings is 1. The minimum atomic E-state index is -1.09. The van der Waals surface area contributed by atoms with E-state index < -0.39 is 24.1 Å². The highest BCUT2D eigenvalue weighted by Gasteiger charge is 2.36. The van der Waals surface area contributed by atoms with Crippen molar-refractivity contribution in [3.05, 3.63) is 58.9 Å². The third-order valence-corrected chi connectivity index (χ3v) is 6.08. The van der Waals surface area contributed by atoms with E-state index in [0.717, 1.165) is 0 Å². The number of aryl methyl sites for hydroxylation is 1. The second kappa shape index (κ2) is 7.66. The van der Waals surface area contributed by atoms with Crippen molar-refractivity contribution in [3.63, 3.8) is 0 Å². The molecule has 0 bridgehead atoms. The van der Waals surface area contributed by atoms with Gasteiger partial charge in [0.25, 0.3) is 0 Å². The van der Waals surface area contributed by atoms with Gasteiger partial charge in [0.05, 0.1) is 22.9 Å². The average molecular weight is 456 g/mol. The van der Waals surface area contributed by atoms with Crippen LogP contribution in [0, 0.1) is 5.82 Å². The van der Waals surface area contributed by atoms with Crippen molar-refractivity contribution in [3.8, 4) is 0 Å². The molecule has 3 unspecified atom stereocenters. The number of nitrogen functional groups attached to an aromatic ring is 2. The Bertz CT molecular complexity index is 1390. The molecule has 1 aliphatic carbocycles. The van der Waals surface area contributed by atoms with Crippen LogP contribution in [0.4, 0.5) is 16.0 Å². The molecule has 4 aromatic rings. The lowest BCUT2D eigenvalue weighted by Crippen LogP contribution is -2.29. The number of hydrogen-bond donors (Lipinski definition) is 4. The van der Waals surface area contributed by atoms with Crippen molar-refractivity contribution in [2.24, 2.45) is 0 Å². The number of nitrogens with two attached hydrogens (primary N) is 2. The summed E-state index contributed by atoms with van der Waals surface area (Å²) in [6.45, 7) is 0. The number of imidazole rings is 1. The van der Waals surface area contributed by atoms with Crippen LogP contribution < -0.4 is 11.5 Å². The number of aliphatic hydroxyl groups is 2. The summed E-state index contributed by atoms with van der Waals surface area (Å²) in [5, 5.41) is 21.7. The van der Waals surface area contributed by atoms with Gasteiger partial charge in [-0.25, -0.2) is 24.3 Å². The van der Waals surface area contributed by atoms with Crippen LogP contribution in [0.5, 0.6) is 0 Å². The number of halogens is 2. The molecule has 0 radical (unpaired) electrons. The van der Waals surface area contributed by atoms with Gasteiger partial charge in [-0.05, 0) is 42.2 Å². The molecule has 1 aromatic carbocycles. The van der Waals surface area contributed by atoms with E-state index in [1.165, 1.54) is 24.8 Å². The lowest BCUT2D eigenvalue weighted by molar-refractivity contribution is 0.0316. The molecule has 0 saturated heterocycles. The average Bonchev–Trinajstić information content (AvgIpc) is 3.31. The number of nitrogens with zero attached hydrogens (tertiary/aromatic N) is 5. The van der Waals surface area contributed by atoms with Crippen molar-refractivity contribution >= 4 is 45.3 Å². The van der Waals surface area contributed by atoms with Gasteiger partial charge in [-0.15, -0.1) is 0 Å². The Kier molecular flexibility index (Phi) is 4.92. The van der Waals surface area contributed by atoms with E-state index >= 15 is 0 Å². The third-order valence-electron chi connectivity index (χ3n) is 5.77. The van der Waals surface area contributed by atoms with E-state index in [0.29, 0.717) is 40.7 Å². The van der Waals surface area contributed by atoms with Crippen LogP contribution >= 0.6 is 11.6 Å². The van der Waals surface area contributed by atoms with Crippen LogP contribution in [-0.2, 0) is 6.42 Å². The molecule has 9 nitrogen and oxygen atoms in total. The van der Waals surface area contributed by atoms with E-state index in [4.69, 9.17) is 23.1 Å². The normalized spacial score (nSPS) is 20.9. The summed E-state index contributed by atoms with van der Waals surface area (Å²) in [5.74, 6) is -0.0830. The lowest BCUT2D eigenvalue weighted by Gasteiger charge is -2.19. The monoisotopic (exact) mass is 455 g/mol. The maximum absolute atomic E-state index is 14.6. The summed E-state index contributed by atoms with van der Waals surface area (Å²) < 4.78 is 16.2. The molecular weight excluding hydrogens is 437 g/mol. The highest BCUT2D eigenvalue weighted by atomic mass is 35.5. The van der Waals surface area contributed by atoms with Crippen molar-refractivity contribution in [2.75, 3.05) is 11.5 Å². The molecule has 0 fully saturated rings. The van der Waals surface area contributed by atoms with Gasteiger partial charge in [0.2, 0.25) is 0 Å². The van der Waals surface area contributed by atoms with Crippen molar-refractivity contribution in [1.29, 1.82) is 0 Å². The van der Waals surface area contributed by atoms with Crippen LogP contribution in [0.25, 0.3) is 22.1 Å². The predicted octanol–water partition coefficient (Wildman–Crippen LogP) is 2.17. The molecule has 1 aliphatic rings. The highest BCUT2D eigenvalue weighted by Crippen LogP contribution is 2.34. The number of anilines is 2. The molecule has 0 aliphatic heterocycles. The lowest BCUT2D eigenvalue weighted by atomic mass is 10.0. The molecule has 0 amide bonds. The van der Waals surface area contributed by atoms with Gasteiger partial charge in [0, 0.05) is 5.39 Å². The fourth-order valence-electron chi connectivity index (χ4n) is 4.10. The molecule has 0 saturated carbocycles. The van der Waals surface area contributed by atoms with Crippen molar-refractivity contribution < 1.29 is 14.6 Å². The van der Waals surface area contributed by atoms with Crippen LogP contribution in [0.2, 0.25) is 5.02 Å². The van der Waals surface area contributed by atoms with Crippen LogP contribution in [0.15, 0.2) is 42.5 Å². The molecule has 6 N–H and O–H groups in total. The first-order chi connectivity index (χ1) is 15.3. The smallest absolute Gasteiger partial charge is 0.166 e. The summed E-state index contributed by atoms with van der Waals surface area (Å²) in [7, 11) is 0. The summed E-state index contributed by atoms with van der Waals surface area (Å²) in [6, 6.07) is 4.03. The Labute approximate surface area is 186 Å². The maximum atomic E-state index is 14.6. The number of hydrogen-bond acceptors (Lipinski definition) is 8. The molecule has 11 heteroatoms. The van der Waals surface area contributed by atoms with E-state index in [-0.39, 0.29) is 22.0 Å². The van der Waals surface area contributed by atoms with Crippen molar-refractivity contribution in [2.45, 2.75) is 31.1 Å². The standard InChI is InChI=1S/C21H19ClFN7O2/c22-12-6-11-13(23)3-9(4-14(11)29-19(12)24)1-2-10-5-15(18(32)17(10)31)30-8-28-16-20(25)26-7-27-21(16)30/h3-8,15,17-18,31-32H,1-2H2,(H2,24,29)(H2,25,26,27). The second-order valence-corrected chi connectivity index (χ2v) is 8.16. The Balaban J connectivity index is 1.42. The fraction of sp³-hybridized carbons (Fsp3) is 0.238. The molecule has 32 heavy (non-hydrogen) atoms. The van der Waals surface area contributed by atoms with Gasteiger partial charge < -0.3 is 26.2 Å². The quantitative estimate of drug-likeness (QED) is 0.342. The molecule has 3 heterocycles. The molecule has 5 rings (SSSR count). The second-order valence-electron chi connectivity index (χ2n) is 7.75. The Morgan fingerprint density at radius 3 is 2.69 bits per heavy atom. The van der Waals surface area contributed by atoms with E-state index in [1.54, 1.807) is 16.7 Å².